The first-order valence-electron chi connectivity index (χ1n) is 6.95. The van der Waals surface area contributed by atoms with Crippen molar-refractivity contribution in [2.24, 2.45) is 0 Å². The van der Waals surface area contributed by atoms with Gasteiger partial charge in [0.2, 0.25) is 0 Å². The SMILES string of the molecule is CCc1ccc(C(O)c2ccc(C)c3ccccc23)s1. The number of fused-ring (bicyclic) bond motifs is 1. The summed E-state index contributed by atoms with van der Waals surface area (Å²) in [6, 6.07) is 16.6. The van der Waals surface area contributed by atoms with Crippen LogP contribution in [0, 0.1) is 6.92 Å². The molecule has 0 bridgehead atoms. The van der Waals surface area contributed by atoms with Gasteiger partial charge in [-0.05, 0) is 47.4 Å². The second-order valence-electron chi connectivity index (χ2n) is 5.08. The van der Waals surface area contributed by atoms with E-state index in [-0.39, 0.29) is 0 Å². The third kappa shape index (κ3) is 2.26. The van der Waals surface area contributed by atoms with E-state index in [4.69, 9.17) is 0 Å². The summed E-state index contributed by atoms with van der Waals surface area (Å²) in [4.78, 5) is 2.34. The molecule has 1 nitrogen and oxygen atoms in total. The third-order valence-electron chi connectivity index (χ3n) is 3.77. The zero-order valence-corrected chi connectivity index (χ0v) is 12.6. The Kier molecular flexibility index (Phi) is 3.60. The van der Waals surface area contributed by atoms with E-state index in [9.17, 15) is 5.11 Å². The van der Waals surface area contributed by atoms with Crippen LogP contribution in [0.15, 0.2) is 48.5 Å². The van der Waals surface area contributed by atoms with Crippen molar-refractivity contribution in [2.75, 3.05) is 0 Å². The lowest BCUT2D eigenvalue weighted by Gasteiger charge is -2.14. The van der Waals surface area contributed by atoms with E-state index in [2.05, 4.69) is 38.1 Å². The summed E-state index contributed by atoms with van der Waals surface area (Å²) in [7, 11) is 0. The molecule has 0 aliphatic rings. The smallest absolute Gasteiger partial charge is 0.114 e. The van der Waals surface area contributed by atoms with Crippen LogP contribution in [-0.4, -0.2) is 5.11 Å². The van der Waals surface area contributed by atoms with Crippen molar-refractivity contribution in [1.29, 1.82) is 0 Å². The largest absolute Gasteiger partial charge is 0.383 e. The van der Waals surface area contributed by atoms with Crippen LogP contribution in [0.5, 0.6) is 0 Å². The molecule has 102 valence electrons. The van der Waals surface area contributed by atoms with Gasteiger partial charge in [0.25, 0.3) is 0 Å². The van der Waals surface area contributed by atoms with E-state index in [0.717, 1.165) is 22.2 Å². The lowest BCUT2D eigenvalue weighted by molar-refractivity contribution is 0.226. The molecule has 0 fully saturated rings. The molecule has 2 aromatic carbocycles. The van der Waals surface area contributed by atoms with Gasteiger partial charge in [-0.1, -0.05) is 43.3 Å². The average Bonchev–Trinajstić information content (AvgIpc) is 2.96. The van der Waals surface area contributed by atoms with Gasteiger partial charge < -0.3 is 5.11 Å². The van der Waals surface area contributed by atoms with Crippen LogP contribution in [0.4, 0.5) is 0 Å². The highest BCUT2D eigenvalue weighted by Gasteiger charge is 2.16. The Morgan fingerprint density at radius 2 is 1.75 bits per heavy atom. The quantitative estimate of drug-likeness (QED) is 0.727. The van der Waals surface area contributed by atoms with E-state index >= 15 is 0 Å². The van der Waals surface area contributed by atoms with Crippen molar-refractivity contribution in [3.05, 3.63) is 69.4 Å². The molecule has 1 unspecified atom stereocenters. The number of aryl methyl sites for hydroxylation is 2. The Labute approximate surface area is 123 Å². The molecule has 20 heavy (non-hydrogen) atoms. The Balaban J connectivity index is 2.12. The molecule has 0 spiro atoms. The Bertz CT molecular complexity index is 742. The molecule has 0 aliphatic heterocycles. The maximum absolute atomic E-state index is 10.7. The van der Waals surface area contributed by atoms with Crippen LogP contribution >= 0.6 is 11.3 Å². The van der Waals surface area contributed by atoms with E-state index in [1.54, 1.807) is 11.3 Å². The minimum atomic E-state index is -0.536. The molecule has 3 rings (SSSR count). The Morgan fingerprint density at radius 3 is 2.45 bits per heavy atom. The van der Waals surface area contributed by atoms with Crippen molar-refractivity contribution >= 4 is 22.1 Å². The fourth-order valence-corrected chi connectivity index (χ4v) is 3.55. The first-order chi connectivity index (χ1) is 9.70. The maximum Gasteiger partial charge on any atom is 0.114 e. The molecule has 3 aromatic rings. The molecule has 2 heteroatoms. The van der Waals surface area contributed by atoms with Crippen LogP contribution in [-0.2, 0) is 6.42 Å². The van der Waals surface area contributed by atoms with Gasteiger partial charge in [-0.15, -0.1) is 11.3 Å². The average molecular weight is 282 g/mol. The Hall–Kier alpha value is -1.64. The van der Waals surface area contributed by atoms with Crippen molar-refractivity contribution < 1.29 is 5.11 Å². The van der Waals surface area contributed by atoms with Gasteiger partial charge in [0, 0.05) is 9.75 Å². The standard InChI is InChI=1S/C18H18OS/c1-3-13-9-11-17(20-13)18(19)16-10-8-12(2)14-6-4-5-7-15(14)16/h4-11,18-19H,3H2,1-2H3. The second kappa shape index (κ2) is 5.39. The fourth-order valence-electron chi connectivity index (χ4n) is 2.60. The second-order valence-corrected chi connectivity index (χ2v) is 6.28. The number of aliphatic hydroxyl groups is 1. The van der Waals surface area contributed by atoms with Gasteiger partial charge in [-0.3, -0.25) is 0 Å². The van der Waals surface area contributed by atoms with E-state index < -0.39 is 6.10 Å². The monoisotopic (exact) mass is 282 g/mol. The Morgan fingerprint density at radius 1 is 1.00 bits per heavy atom. The molecule has 1 N–H and O–H groups in total. The normalized spacial score (nSPS) is 12.8. The van der Waals surface area contributed by atoms with E-state index in [1.807, 2.05) is 24.3 Å². The lowest BCUT2D eigenvalue weighted by atomic mass is 9.96. The molecule has 1 heterocycles. The van der Waals surface area contributed by atoms with Gasteiger partial charge in [0.05, 0.1) is 0 Å². The number of thiophene rings is 1. The van der Waals surface area contributed by atoms with Crippen molar-refractivity contribution in [3.63, 3.8) is 0 Å². The predicted molar refractivity (Wildman–Crippen MR) is 86.4 cm³/mol. The van der Waals surface area contributed by atoms with E-state index in [1.165, 1.54) is 15.8 Å². The topological polar surface area (TPSA) is 20.2 Å². The van der Waals surface area contributed by atoms with Crippen molar-refractivity contribution in [3.8, 4) is 0 Å². The number of hydrogen-bond acceptors (Lipinski definition) is 2. The third-order valence-corrected chi connectivity index (χ3v) is 5.05. The molecule has 0 aliphatic carbocycles. The van der Waals surface area contributed by atoms with Crippen LogP contribution in [0.1, 0.15) is 33.9 Å². The summed E-state index contributed by atoms with van der Waals surface area (Å²) >= 11 is 1.70. The summed E-state index contributed by atoms with van der Waals surface area (Å²) in [6.45, 7) is 4.25. The zero-order chi connectivity index (χ0) is 14.1. The summed E-state index contributed by atoms with van der Waals surface area (Å²) in [6.07, 6.45) is 0.484. The highest BCUT2D eigenvalue weighted by atomic mass is 32.1. The van der Waals surface area contributed by atoms with Crippen molar-refractivity contribution in [2.45, 2.75) is 26.4 Å². The minimum Gasteiger partial charge on any atom is -0.383 e. The van der Waals surface area contributed by atoms with Gasteiger partial charge >= 0.3 is 0 Å². The molecule has 1 atom stereocenters. The van der Waals surface area contributed by atoms with Crippen LogP contribution < -0.4 is 0 Å². The number of benzene rings is 2. The van der Waals surface area contributed by atoms with Gasteiger partial charge in [-0.2, -0.15) is 0 Å². The lowest BCUT2D eigenvalue weighted by Crippen LogP contribution is -1.98. The summed E-state index contributed by atoms with van der Waals surface area (Å²) in [5.41, 5.74) is 2.24. The summed E-state index contributed by atoms with van der Waals surface area (Å²) in [5.74, 6) is 0. The van der Waals surface area contributed by atoms with Crippen LogP contribution in [0.3, 0.4) is 0 Å². The first kappa shape index (κ1) is 13.3. The molecule has 0 saturated carbocycles. The molecule has 0 radical (unpaired) electrons. The first-order valence-corrected chi connectivity index (χ1v) is 7.77. The molecule has 1 aromatic heterocycles. The molecular formula is C18H18OS. The molecular weight excluding hydrogens is 264 g/mol. The fraction of sp³-hybridized carbons (Fsp3) is 0.222. The number of hydrogen-bond donors (Lipinski definition) is 1. The number of rotatable bonds is 3. The summed E-state index contributed by atoms with van der Waals surface area (Å²) < 4.78 is 0. The van der Waals surface area contributed by atoms with Crippen molar-refractivity contribution in [1.82, 2.24) is 0 Å². The zero-order valence-electron chi connectivity index (χ0n) is 11.8. The van der Waals surface area contributed by atoms with Gasteiger partial charge in [0.15, 0.2) is 0 Å². The molecule has 0 saturated heterocycles. The van der Waals surface area contributed by atoms with E-state index in [0.29, 0.717) is 0 Å². The molecule has 0 amide bonds. The maximum atomic E-state index is 10.7. The van der Waals surface area contributed by atoms with Crippen LogP contribution in [0.2, 0.25) is 0 Å². The highest BCUT2D eigenvalue weighted by molar-refractivity contribution is 7.12. The number of aliphatic hydroxyl groups excluding tert-OH is 1. The highest BCUT2D eigenvalue weighted by Crippen LogP contribution is 2.33. The van der Waals surface area contributed by atoms with Crippen LogP contribution in [0.25, 0.3) is 10.8 Å². The summed E-state index contributed by atoms with van der Waals surface area (Å²) in [5, 5.41) is 13.1. The minimum absolute atomic E-state index is 0.536. The predicted octanol–water partition coefficient (Wildman–Crippen LogP) is 4.85. The van der Waals surface area contributed by atoms with Gasteiger partial charge in [0.1, 0.15) is 6.10 Å². The van der Waals surface area contributed by atoms with Gasteiger partial charge in [-0.25, -0.2) is 0 Å².